The van der Waals surface area contributed by atoms with Gasteiger partial charge in [0.05, 0.1) is 17.0 Å². The summed E-state index contributed by atoms with van der Waals surface area (Å²) in [6, 6.07) is 12.2. The Morgan fingerprint density at radius 3 is 2.65 bits per heavy atom. The summed E-state index contributed by atoms with van der Waals surface area (Å²) in [6.45, 7) is 5.79. The van der Waals surface area contributed by atoms with Crippen molar-refractivity contribution in [3.8, 4) is 17.2 Å². The van der Waals surface area contributed by atoms with E-state index in [9.17, 15) is 4.79 Å². The van der Waals surface area contributed by atoms with E-state index in [1.54, 1.807) is 0 Å². The maximum atomic E-state index is 13.5. The van der Waals surface area contributed by atoms with E-state index in [1.807, 2.05) is 24.3 Å². The third-order valence-corrected chi connectivity index (χ3v) is 8.08. The summed E-state index contributed by atoms with van der Waals surface area (Å²) >= 11 is 6.36. The number of anilines is 1. The number of rotatable bonds is 9. The first-order chi connectivity index (χ1) is 18.1. The molecule has 1 saturated carbocycles. The number of nitrogens with zero attached hydrogens (tertiary/aromatic N) is 2. The van der Waals surface area contributed by atoms with E-state index in [4.69, 9.17) is 25.8 Å². The highest BCUT2D eigenvalue weighted by molar-refractivity contribution is 6.32. The van der Waals surface area contributed by atoms with Gasteiger partial charge in [-0.3, -0.25) is 4.79 Å². The fourth-order valence-electron chi connectivity index (χ4n) is 5.61. The molecule has 0 aromatic heterocycles. The number of halogens is 1. The van der Waals surface area contributed by atoms with Gasteiger partial charge in [0, 0.05) is 37.4 Å². The lowest BCUT2D eigenvalue weighted by atomic mass is 10.0. The van der Waals surface area contributed by atoms with E-state index in [1.165, 1.54) is 12.8 Å². The molecule has 4 aliphatic rings. The van der Waals surface area contributed by atoms with Crippen molar-refractivity contribution in [1.29, 1.82) is 0 Å². The van der Waals surface area contributed by atoms with E-state index in [-0.39, 0.29) is 17.9 Å². The second-order valence-corrected chi connectivity index (χ2v) is 11.2. The van der Waals surface area contributed by atoms with E-state index in [0.29, 0.717) is 30.9 Å². The molecule has 3 aliphatic heterocycles. The molecule has 37 heavy (non-hydrogen) atoms. The molecule has 0 bridgehead atoms. The quantitative estimate of drug-likeness (QED) is 0.526. The molecule has 2 aromatic rings. The molecular weight excluding hydrogens is 490 g/mol. The second kappa shape index (κ2) is 11.0. The number of ether oxygens (including phenoxy) is 3. The number of likely N-dealkylation sites (tertiary alicyclic amines) is 1. The average Bonchev–Trinajstić information content (AvgIpc) is 3.34. The van der Waals surface area contributed by atoms with E-state index in [2.05, 4.69) is 27.2 Å². The van der Waals surface area contributed by atoms with Gasteiger partial charge in [0.2, 0.25) is 5.91 Å². The molecule has 2 atom stereocenters. The summed E-state index contributed by atoms with van der Waals surface area (Å²) in [5, 5.41) is 4.06. The molecule has 0 radical (unpaired) electrons. The van der Waals surface area contributed by atoms with E-state index < -0.39 is 0 Å². The smallest absolute Gasteiger partial charge is 0.225 e. The van der Waals surface area contributed by atoms with Gasteiger partial charge in [-0.05, 0) is 81.4 Å². The zero-order valence-corrected chi connectivity index (χ0v) is 22.0. The fraction of sp³-hybridized carbons (Fsp3) is 0.552. The summed E-state index contributed by atoms with van der Waals surface area (Å²) in [4.78, 5) is 18.2. The summed E-state index contributed by atoms with van der Waals surface area (Å²) in [5.74, 6) is 2.46. The molecule has 8 heteroatoms. The van der Waals surface area contributed by atoms with Gasteiger partial charge in [-0.25, -0.2) is 0 Å². The Bertz CT molecular complexity index is 1120. The van der Waals surface area contributed by atoms with Gasteiger partial charge in [0.25, 0.3) is 0 Å². The molecule has 198 valence electrons. The first-order valence-corrected chi connectivity index (χ1v) is 14.1. The van der Waals surface area contributed by atoms with Crippen LogP contribution in [-0.2, 0) is 11.2 Å². The van der Waals surface area contributed by atoms with Crippen LogP contribution in [0.15, 0.2) is 36.4 Å². The molecule has 2 unspecified atom stereocenters. The Balaban J connectivity index is 1.10. The molecule has 3 heterocycles. The summed E-state index contributed by atoms with van der Waals surface area (Å²) in [7, 11) is 0. The predicted molar refractivity (Wildman–Crippen MR) is 144 cm³/mol. The third-order valence-electron chi connectivity index (χ3n) is 7.77. The highest BCUT2D eigenvalue weighted by Crippen LogP contribution is 2.36. The highest BCUT2D eigenvalue weighted by Gasteiger charge is 2.31. The first-order valence-electron chi connectivity index (χ1n) is 13.7. The zero-order valence-electron chi connectivity index (χ0n) is 21.3. The van der Waals surface area contributed by atoms with Crippen LogP contribution in [0.4, 0.5) is 5.69 Å². The van der Waals surface area contributed by atoms with Crippen LogP contribution in [0.1, 0.15) is 37.7 Å². The van der Waals surface area contributed by atoms with Crippen LogP contribution in [0.2, 0.25) is 5.02 Å². The summed E-state index contributed by atoms with van der Waals surface area (Å²) in [5.41, 5.74) is 2.23. The van der Waals surface area contributed by atoms with Crippen LogP contribution in [0, 0.1) is 5.92 Å². The second-order valence-electron chi connectivity index (χ2n) is 10.8. The maximum Gasteiger partial charge on any atom is 0.225 e. The van der Waals surface area contributed by atoms with Crippen molar-refractivity contribution >= 4 is 23.2 Å². The summed E-state index contributed by atoms with van der Waals surface area (Å²) < 4.78 is 17.5. The number of nitrogens with one attached hydrogen (secondary N) is 1. The molecule has 0 spiro atoms. The van der Waals surface area contributed by atoms with Gasteiger partial charge < -0.3 is 29.3 Å². The molecule has 1 amide bonds. The fourth-order valence-corrected chi connectivity index (χ4v) is 5.77. The molecule has 7 nitrogen and oxygen atoms in total. The Hall–Kier alpha value is -2.64. The van der Waals surface area contributed by atoms with Crippen LogP contribution in [0.5, 0.6) is 17.2 Å². The van der Waals surface area contributed by atoms with Gasteiger partial charge in [0.15, 0.2) is 11.5 Å². The number of carbonyl (C=O) groups excluding carboxylic acids is 1. The molecule has 2 saturated heterocycles. The van der Waals surface area contributed by atoms with Gasteiger partial charge in [-0.15, -0.1) is 0 Å². The molecule has 2 aromatic carbocycles. The minimum absolute atomic E-state index is 0.0372. The average molecular weight is 526 g/mol. The normalized spacial score (nSPS) is 22.2. The van der Waals surface area contributed by atoms with Crippen molar-refractivity contribution in [1.82, 2.24) is 10.2 Å². The zero-order chi connectivity index (χ0) is 25.2. The molecule has 3 fully saturated rings. The van der Waals surface area contributed by atoms with Crippen LogP contribution >= 0.6 is 11.6 Å². The Kier molecular flexibility index (Phi) is 7.34. The number of amides is 1. The van der Waals surface area contributed by atoms with Crippen molar-refractivity contribution in [3.63, 3.8) is 0 Å². The standard InChI is InChI=1S/C29H36ClN3O4/c30-25-7-4-23(17-27(25)37-24-5-6-24)33-12-9-21(18-33)29(34)31-22(19-32-10-1-2-11-32)15-20-3-8-26-28(16-20)36-14-13-35-26/h3-4,7-8,16-17,21-22,24H,1-2,5-6,9-15,18-19H2,(H,31,34). The van der Waals surface area contributed by atoms with Crippen molar-refractivity contribution in [3.05, 3.63) is 47.0 Å². The molecular formula is C29H36ClN3O4. The monoisotopic (exact) mass is 525 g/mol. The predicted octanol–water partition coefficient (Wildman–Crippen LogP) is 4.30. The first kappa shape index (κ1) is 24.7. The maximum absolute atomic E-state index is 13.5. The lowest BCUT2D eigenvalue weighted by molar-refractivity contribution is -0.125. The third kappa shape index (κ3) is 6.10. The Morgan fingerprint density at radius 2 is 1.84 bits per heavy atom. The topological polar surface area (TPSA) is 63.3 Å². The van der Waals surface area contributed by atoms with E-state index >= 15 is 0 Å². The molecule has 6 rings (SSSR count). The molecule has 1 aliphatic carbocycles. The van der Waals surface area contributed by atoms with Gasteiger partial charge >= 0.3 is 0 Å². The minimum Gasteiger partial charge on any atom is -0.489 e. The van der Waals surface area contributed by atoms with Crippen LogP contribution in [-0.4, -0.2) is 68.9 Å². The van der Waals surface area contributed by atoms with Crippen molar-refractivity contribution in [2.24, 2.45) is 5.92 Å². The Morgan fingerprint density at radius 1 is 1.03 bits per heavy atom. The van der Waals surface area contributed by atoms with Crippen molar-refractivity contribution in [2.75, 3.05) is 50.8 Å². The minimum atomic E-state index is -0.0372. The summed E-state index contributed by atoms with van der Waals surface area (Å²) in [6.07, 6.45) is 6.56. The van der Waals surface area contributed by atoms with Gasteiger partial charge in [0.1, 0.15) is 19.0 Å². The lowest BCUT2D eigenvalue weighted by Crippen LogP contribution is -2.46. The Labute approximate surface area is 224 Å². The van der Waals surface area contributed by atoms with Crippen LogP contribution in [0.25, 0.3) is 0 Å². The SMILES string of the molecule is O=C(NC(Cc1ccc2c(c1)OCCO2)CN1CCCC1)C1CCN(c2ccc(Cl)c(OC3CC3)c2)C1. The van der Waals surface area contributed by atoms with E-state index in [0.717, 1.165) is 80.4 Å². The number of carbonyl (C=O) groups is 1. The van der Waals surface area contributed by atoms with Crippen molar-refractivity contribution < 1.29 is 19.0 Å². The van der Waals surface area contributed by atoms with Gasteiger partial charge in [-0.1, -0.05) is 17.7 Å². The number of benzene rings is 2. The van der Waals surface area contributed by atoms with Gasteiger partial charge in [-0.2, -0.15) is 0 Å². The highest BCUT2D eigenvalue weighted by atomic mass is 35.5. The number of hydrogen-bond donors (Lipinski definition) is 1. The lowest BCUT2D eigenvalue weighted by Gasteiger charge is -2.27. The number of fused-ring (bicyclic) bond motifs is 1. The van der Waals surface area contributed by atoms with Crippen LogP contribution < -0.4 is 24.4 Å². The number of hydrogen-bond acceptors (Lipinski definition) is 6. The van der Waals surface area contributed by atoms with Crippen molar-refractivity contribution in [2.45, 2.75) is 50.7 Å². The largest absolute Gasteiger partial charge is 0.489 e. The molecule has 1 N–H and O–H groups in total. The van der Waals surface area contributed by atoms with Crippen LogP contribution in [0.3, 0.4) is 0 Å².